The van der Waals surface area contributed by atoms with Crippen LogP contribution in [-0.2, 0) is 4.79 Å². The molecule has 6 nitrogen and oxygen atoms in total. The molecular formula is C20H41NO5. The van der Waals surface area contributed by atoms with Gasteiger partial charge < -0.3 is 29.7 Å². The highest BCUT2D eigenvalue weighted by Crippen LogP contribution is 2.16. The second-order valence-corrected chi connectivity index (χ2v) is 7.69. The minimum absolute atomic E-state index is 0.0251. The van der Waals surface area contributed by atoms with Crippen LogP contribution in [0.5, 0.6) is 0 Å². The Hall–Kier alpha value is -0.690. The summed E-state index contributed by atoms with van der Waals surface area (Å²) in [4.78, 5) is 11.3. The lowest BCUT2D eigenvalue weighted by Crippen LogP contribution is -2.61. The number of hydrogen-bond donors (Lipinski definition) is 3. The van der Waals surface area contributed by atoms with Gasteiger partial charge in [-0.2, -0.15) is 0 Å². The van der Waals surface area contributed by atoms with Crippen molar-refractivity contribution in [3.05, 3.63) is 0 Å². The van der Waals surface area contributed by atoms with Crippen LogP contribution in [0.25, 0.3) is 0 Å². The van der Waals surface area contributed by atoms with Crippen LogP contribution in [0.15, 0.2) is 0 Å². The van der Waals surface area contributed by atoms with Crippen LogP contribution in [0, 0.1) is 0 Å². The summed E-state index contributed by atoms with van der Waals surface area (Å²) in [6, 6.07) is 0. The van der Waals surface area contributed by atoms with E-state index in [1.807, 2.05) is 0 Å². The summed E-state index contributed by atoms with van der Waals surface area (Å²) in [5.41, 5.74) is 0. The van der Waals surface area contributed by atoms with Gasteiger partial charge in [0, 0.05) is 0 Å². The number of nitrogens with zero attached hydrogens (tertiary/aromatic N) is 1. The topological polar surface area (TPSA) is 101 Å². The Kier molecular flexibility index (Phi) is 15.0. The molecule has 3 N–H and O–H groups in total. The maximum atomic E-state index is 11.3. The fraction of sp³-hybridized carbons (Fsp3) is 0.950. The molecule has 0 aliphatic carbocycles. The number of carboxylic acid groups (broad SMARTS) is 1. The van der Waals surface area contributed by atoms with E-state index in [1.54, 1.807) is 0 Å². The number of carbonyl (C=O) groups is 1. The smallest absolute Gasteiger partial charge is 0.119 e. The van der Waals surface area contributed by atoms with Crippen molar-refractivity contribution in [3.63, 3.8) is 0 Å². The average Bonchev–Trinajstić information content (AvgIpc) is 2.55. The first kappa shape index (κ1) is 25.3. The molecular weight excluding hydrogens is 334 g/mol. The van der Waals surface area contributed by atoms with Crippen molar-refractivity contribution in [1.82, 2.24) is 0 Å². The summed E-state index contributed by atoms with van der Waals surface area (Å²) >= 11 is 0. The number of aliphatic hydroxyl groups is 3. The molecule has 0 spiro atoms. The van der Waals surface area contributed by atoms with E-state index in [4.69, 9.17) is 0 Å². The first-order valence-corrected chi connectivity index (χ1v) is 10.4. The molecule has 0 aromatic carbocycles. The van der Waals surface area contributed by atoms with Crippen molar-refractivity contribution < 1.29 is 29.7 Å². The Morgan fingerprint density at radius 1 is 0.885 bits per heavy atom. The minimum Gasteiger partial charge on any atom is -0.544 e. The number of aliphatic hydroxyl groups excluding tert-OH is 3. The molecule has 0 rings (SSSR count). The molecule has 0 aliphatic heterocycles. The summed E-state index contributed by atoms with van der Waals surface area (Å²) in [6.07, 6.45) is 8.36. The summed E-state index contributed by atoms with van der Waals surface area (Å²) < 4.78 is -0.0251. The number of carboxylic acids is 1. The molecule has 0 saturated heterocycles. The molecule has 0 saturated carbocycles. The molecule has 2 unspecified atom stereocenters. The van der Waals surface area contributed by atoms with Crippen molar-refractivity contribution in [1.29, 1.82) is 0 Å². The highest BCUT2D eigenvalue weighted by Gasteiger charge is 2.32. The van der Waals surface area contributed by atoms with E-state index in [0.29, 0.717) is 12.8 Å². The molecule has 0 aliphatic rings. The van der Waals surface area contributed by atoms with E-state index >= 15 is 0 Å². The Labute approximate surface area is 159 Å². The third-order valence-corrected chi connectivity index (χ3v) is 5.02. The SMILES string of the molecule is CCCCCCC(O)C[N+](CCO)(CC(=O)[O-])CC(O)CCCCCC. The maximum Gasteiger partial charge on any atom is 0.119 e. The van der Waals surface area contributed by atoms with Gasteiger partial charge in [0.2, 0.25) is 0 Å². The van der Waals surface area contributed by atoms with Crippen LogP contribution in [0.3, 0.4) is 0 Å². The van der Waals surface area contributed by atoms with Crippen LogP contribution in [0.2, 0.25) is 0 Å². The number of aliphatic carboxylic acids is 1. The molecule has 0 radical (unpaired) electrons. The van der Waals surface area contributed by atoms with Gasteiger partial charge in [-0.1, -0.05) is 65.2 Å². The van der Waals surface area contributed by atoms with E-state index in [2.05, 4.69) is 13.8 Å². The Balaban J connectivity index is 4.77. The molecule has 0 aromatic heterocycles. The largest absolute Gasteiger partial charge is 0.544 e. The number of carbonyl (C=O) groups excluding carboxylic acids is 1. The van der Waals surface area contributed by atoms with Gasteiger partial charge in [0.1, 0.15) is 38.4 Å². The molecule has 156 valence electrons. The second-order valence-electron chi connectivity index (χ2n) is 7.69. The van der Waals surface area contributed by atoms with Crippen LogP contribution in [0.1, 0.15) is 78.1 Å². The van der Waals surface area contributed by atoms with Crippen molar-refractivity contribution >= 4 is 5.97 Å². The molecule has 0 aromatic rings. The van der Waals surface area contributed by atoms with Crippen molar-refractivity contribution in [2.75, 3.05) is 32.8 Å². The zero-order chi connectivity index (χ0) is 19.8. The van der Waals surface area contributed by atoms with E-state index < -0.39 is 18.2 Å². The first-order chi connectivity index (χ1) is 12.4. The zero-order valence-corrected chi connectivity index (χ0v) is 16.9. The van der Waals surface area contributed by atoms with Crippen molar-refractivity contribution in [3.8, 4) is 0 Å². The Morgan fingerprint density at radius 3 is 1.69 bits per heavy atom. The lowest BCUT2D eigenvalue weighted by Gasteiger charge is -2.41. The summed E-state index contributed by atoms with van der Waals surface area (Å²) in [7, 11) is 0. The van der Waals surface area contributed by atoms with Crippen LogP contribution < -0.4 is 5.11 Å². The minimum atomic E-state index is -1.21. The van der Waals surface area contributed by atoms with E-state index in [0.717, 1.165) is 51.4 Å². The molecule has 0 heterocycles. The second kappa shape index (κ2) is 15.4. The van der Waals surface area contributed by atoms with Gasteiger partial charge in [-0.25, -0.2) is 0 Å². The Morgan fingerprint density at radius 2 is 1.35 bits per heavy atom. The highest BCUT2D eigenvalue weighted by atomic mass is 16.4. The predicted molar refractivity (Wildman–Crippen MR) is 101 cm³/mol. The van der Waals surface area contributed by atoms with Gasteiger partial charge in [-0.3, -0.25) is 0 Å². The quantitative estimate of drug-likeness (QED) is 0.247. The summed E-state index contributed by atoms with van der Waals surface area (Å²) in [6.45, 7) is 4.44. The van der Waals surface area contributed by atoms with E-state index in [-0.39, 0.29) is 37.3 Å². The monoisotopic (exact) mass is 375 g/mol. The van der Waals surface area contributed by atoms with Crippen LogP contribution >= 0.6 is 0 Å². The van der Waals surface area contributed by atoms with E-state index in [1.165, 1.54) is 0 Å². The Bertz CT molecular complexity index is 331. The van der Waals surface area contributed by atoms with Gasteiger partial charge in [-0.15, -0.1) is 0 Å². The van der Waals surface area contributed by atoms with Gasteiger partial charge in [0.15, 0.2) is 0 Å². The zero-order valence-electron chi connectivity index (χ0n) is 16.9. The standard InChI is InChI=1S/C20H41NO5/c1-3-5-7-9-11-18(23)15-21(13-14-22,17-20(25)26)16-19(24)12-10-8-6-4-2/h18-19,22-24H,3-17H2,1-2H3. The molecule has 0 fully saturated rings. The van der Waals surface area contributed by atoms with E-state index in [9.17, 15) is 25.2 Å². The fourth-order valence-corrected chi connectivity index (χ4v) is 3.64. The molecule has 2 atom stereocenters. The third-order valence-electron chi connectivity index (χ3n) is 5.02. The lowest BCUT2D eigenvalue weighted by atomic mass is 10.0. The molecule has 0 amide bonds. The first-order valence-electron chi connectivity index (χ1n) is 10.4. The van der Waals surface area contributed by atoms with Gasteiger partial charge in [0.25, 0.3) is 0 Å². The number of quaternary nitrogens is 1. The van der Waals surface area contributed by atoms with Gasteiger partial charge in [0.05, 0.1) is 12.6 Å². The molecule has 26 heavy (non-hydrogen) atoms. The van der Waals surface area contributed by atoms with Gasteiger partial charge >= 0.3 is 0 Å². The average molecular weight is 376 g/mol. The van der Waals surface area contributed by atoms with Crippen LogP contribution in [-0.4, -0.2) is 70.8 Å². The fourth-order valence-electron chi connectivity index (χ4n) is 3.64. The lowest BCUT2D eigenvalue weighted by molar-refractivity contribution is -0.928. The predicted octanol–water partition coefficient (Wildman–Crippen LogP) is 1.21. The number of rotatable bonds is 18. The van der Waals surface area contributed by atoms with Gasteiger partial charge in [-0.05, 0) is 12.8 Å². The summed E-state index contributed by atoms with van der Waals surface area (Å²) in [5, 5.41) is 41.5. The normalized spacial score (nSPS) is 16.2. The maximum absolute atomic E-state index is 11.3. The highest BCUT2D eigenvalue weighted by molar-refractivity contribution is 5.65. The number of hydrogen-bond acceptors (Lipinski definition) is 5. The number of unbranched alkanes of at least 4 members (excludes halogenated alkanes) is 6. The van der Waals surface area contributed by atoms with Crippen LogP contribution in [0.4, 0.5) is 0 Å². The summed E-state index contributed by atoms with van der Waals surface area (Å²) in [5.74, 6) is -1.21. The van der Waals surface area contributed by atoms with Crippen molar-refractivity contribution in [2.45, 2.75) is 90.3 Å². The van der Waals surface area contributed by atoms with Crippen molar-refractivity contribution in [2.24, 2.45) is 0 Å². The molecule has 0 bridgehead atoms. The third kappa shape index (κ3) is 12.6. The molecule has 6 heteroatoms.